The van der Waals surface area contributed by atoms with E-state index in [4.69, 9.17) is 16.7 Å². The lowest BCUT2D eigenvalue weighted by atomic mass is 9.97. The first-order valence-electron chi connectivity index (χ1n) is 6.11. The van der Waals surface area contributed by atoms with E-state index in [2.05, 4.69) is 4.74 Å². The van der Waals surface area contributed by atoms with E-state index in [1.54, 1.807) is 0 Å². The van der Waals surface area contributed by atoms with E-state index >= 15 is 0 Å². The predicted octanol–water partition coefficient (Wildman–Crippen LogP) is 4.53. The summed E-state index contributed by atoms with van der Waals surface area (Å²) in [4.78, 5) is 10.9. The molecule has 0 amide bonds. The van der Waals surface area contributed by atoms with Crippen LogP contribution in [-0.4, -0.2) is 17.4 Å². The van der Waals surface area contributed by atoms with Crippen molar-refractivity contribution in [1.29, 1.82) is 0 Å². The number of halogens is 4. The maximum absolute atomic E-state index is 12.5. The predicted molar refractivity (Wildman–Crippen MR) is 74.9 cm³/mol. The summed E-state index contributed by atoms with van der Waals surface area (Å²) in [5, 5.41) is 9.23. The summed E-state index contributed by atoms with van der Waals surface area (Å²) in [6.07, 6.45) is -5.20. The summed E-state index contributed by atoms with van der Waals surface area (Å²) >= 11 is 5.83. The van der Waals surface area contributed by atoms with Crippen LogP contribution in [0.4, 0.5) is 13.2 Å². The van der Waals surface area contributed by atoms with Crippen molar-refractivity contribution in [3.8, 4) is 16.9 Å². The average molecular weight is 331 g/mol. The fraction of sp³-hybridized carbons (Fsp3) is 0.133. The van der Waals surface area contributed by atoms with Crippen molar-refractivity contribution in [3.63, 3.8) is 0 Å². The molecule has 0 spiro atoms. The highest BCUT2D eigenvalue weighted by molar-refractivity contribution is 6.30. The largest absolute Gasteiger partial charge is 0.573 e. The highest BCUT2D eigenvalue weighted by Crippen LogP contribution is 2.36. The van der Waals surface area contributed by atoms with E-state index in [0.29, 0.717) is 16.1 Å². The van der Waals surface area contributed by atoms with Gasteiger partial charge in [-0.05, 0) is 29.3 Å². The van der Waals surface area contributed by atoms with Gasteiger partial charge in [-0.1, -0.05) is 35.9 Å². The molecule has 2 aromatic rings. The maximum Gasteiger partial charge on any atom is 0.573 e. The monoisotopic (exact) mass is 330 g/mol. The number of carboxylic acid groups (broad SMARTS) is 1. The highest BCUT2D eigenvalue weighted by atomic mass is 35.5. The molecule has 0 unspecified atom stereocenters. The number of aliphatic carboxylic acids is 1. The van der Waals surface area contributed by atoms with Crippen LogP contribution in [0, 0.1) is 0 Å². The smallest absolute Gasteiger partial charge is 0.481 e. The number of carboxylic acids is 1. The number of para-hydroxylation sites is 1. The van der Waals surface area contributed by atoms with Crippen LogP contribution in [0.25, 0.3) is 11.1 Å². The van der Waals surface area contributed by atoms with E-state index in [9.17, 15) is 18.0 Å². The van der Waals surface area contributed by atoms with Gasteiger partial charge in [-0.3, -0.25) is 4.79 Å². The first-order valence-corrected chi connectivity index (χ1v) is 6.49. The third-order valence-corrected chi connectivity index (χ3v) is 3.05. The summed E-state index contributed by atoms with van der Waals surface area (Å²) in [7, 11) is 0. The number of alkyl halides is 3. The minimum atomic E-state index is -4.84. The second-order valence-electron chi connectivity index (χ2n) is 4.42. The van der Waals surface area contributed by atoms with E-state index in [1.165, 1.54) is 42.5 Å². The number of carbonyl (C=O) groups is 1. The Bertz CT molecular complexity index is 699. The number of rotatable bonds is 4. The van der Waals surface area contributed by atoms with Crippen LogP contribution in [0.15, 0.2) is 42.5 Å². The molecule has 7 heteroatoms. The van der Waals surface area contributed by atoms with E-state index in [-0.39, 0.29) is 12.0 Å². The maximum atomic E-state index is 12.5. The molecule has 0 aliphatic carbocycles. The normalized spacial score (nSPS) is 11.3. The van der Waals surface area contributed by atoms with E-state index in [0.717, 1.165) is 0 Å². The van der Waals surface area contributed by atoms with Crippen LogP contribution in [0.1, 0.15) is 5.56 Å². The Labute approximate surface area is 128 Å². The second-order valence-corrected chi connectivity index (χ2v) is 4.85. The van der Waals surface area contributed by atoms with Gasteiger partial charge in [0, 0.05) is 10.6 Å². The molecule has 0 saturated carbocycles. The third kappa shape index (κ3) is 4.14. The summed E-state index contributed by atoms with van der Waals surface area (Å²) in [6.45, 7) is 0. The minimum absolute atomic E-state index is 0.146. The van der Waals surface area contributed by atoms with Gasteiger partial charge in [-0.25, -0.2) is 0 Å². The molecular formula is C15H10ClF3O3. The van der Waals surface area contributed by atoms with Crippen molar-refractivity contribution >= 4 is 17.6 Å². The molecular weight excluding hydrogens is 321 g/mol. The van der Waals surface area contributed by atoms with Crippen LogP contribution >= 0.6 is 11.6 Å². The Balaban J connectivity index is 2.54. The molecule has 2 rings (SSSR count). The Hall–Kier alpha value is -2.21. The Morgan fingerprint density at radius 2 is 1.82 bits per heavy atom. The lowest BCUT2D eigenvalue weighted by Gasteiger charge is -2.15. The van der Waals surface area contributed by atoms with Crippen LogP contribution in [0.3, 0.4) is 0 Å². The summed E-state index contributed by atoms with van der Waals surface area (Å²) in [5.41, 5.74) is 0.776. The van der Waals surface area contributed by atoms with E-state index in [1.807, 2.05) is 0 Å². The van der Waals surface area contributed by atoms with Crippen molar-refractivity contribution in [2.75, 3.05) is 0 Å². The van der Waals surface area contributed by atoms with Crippen molar-refractivity contribution in [1.82, 2.24) is 0 Å². The molecule has 0 bridgehead atoms. The Kier molecular flexibility index (Phi) is 4.61. The topological polar surface area (TPSA) is 46.5 Å². The molecule has 0 heterocycles. The molecule has 0 fully saturated rings. The van der Waals surface area contributed by atoms with Crippen molar-refractivity contribution in [2.45, 2.75) is 12.8 Å². The number of benzene rings is 2. The SMILES string of the molecule is O=C(O)Cc1cc(Cl)ccc1-c1ccccc1OC(F)(F)F. The second kappa shape index (κ2) is 6.27. The lowest BCUT2D eigenvalue weighted by molar-refractivity contribution is -0.274. The van der Waals surface area contributed by atoms with Gasteiger partial charge in [0.1, 0.15) is 5.75 Å². The van der Waals surface area contributed by atoms with Crippen LogP contribution in [-0.2, 0) is 11.2 Å². The minimum Gasteiger partial charge on any atom is -0.481 e. The lowest BCUT2D eigenvalue weighted by Crippen LogP contribution is -2.17. The molecule has 0 atom stereocenters. The van der Waals surface area contributed by atoms with Gasteiger partial charge in [-0.2, -0.15) is 0 Å². The fourth-order valence-electron chi connectivity index (χ4n) is 2.04. The van der Waals surface area contributed by atoms with Gasteiger partial charge in [0.05, 0.1) is 6.42 Å². The van der Waals surface area contributed by atoms with Crippen LogP contribution < -0.4 is 4.74 Å². The van der Waals surface area contributed by atoms with Crippen molar-refractivity contribution in [3.05, 3.63) is 53.1 Å². The first-order chi connectivity index (χ1) is 10.3. The fourth-order valence-corrected chi connectivity index (χ4v) is 2.23. The Morgan fingerprint density at radius 3 is 2.45 bits per heavy atom. The molecule has 0 radical (unpaired) electrons. The molecule has 0 aliphatic rings. The molecule has 22 heavy (non-hydrogen) atoms. The first kappa shape index (κ1) is 16.2. The summed E-state index contributed by atoms with van der Waals surface area (Å²) in [5.74, 6) is -1.51. The zero-order valence-corrected chi connectivity index (χ0v) is 11.8. The molecule has 3 nitrogen and oxygen atoms in total. The molecule has 116 valence electrons. The van der Waals surface area contributed by atoms with Gasteiger partial charge in [0.15, 0.2) is 0 Å². The molecule has 0 aromatic heterocycles. The Morgan fingerprint density at radius 1 is 1.14 bits per heavy atom. The average Bonchev–Trinajstić information content (AvgIpc) is 2.37. The van der Waals surface area contributed by atoms with Gasteiger partial charge in [0.2, 0.25) is 0 Å². The molecule has 2 aromatic carbocycles. The quantitative estimate of drug-likeness (QED) is 0.895. The molecule has 0 aliphatic heterocycles. The van der Waals surface area contributed by atoms with Crippen LogP contribution in [0.2, 0.25) is 5.02 Å². The van der Waals surface area contributed by atoms with Crippen LogP contribution in [0.5, 0.6) is 5.75 Å². The van der Waals surface area contributed by atoms with Crippen molar-refractivity contribution in [2.24, 2.45) is 0 Å². The zero-order valence-electron chi connectivity index (χ0n) is 11.0. The van der Waals surface area contributed by atoms with Gasteiger partial charge in [0.25, 0.3) is 0 Å². The zero-order chi connectivity index (χ0) is 16.3. The standard InChI is InChI=1S/C15H10ClF3O3/c16-10-5-6-11(9(7-10)8-14(20)21)12-3-1-2-4-13(12)22-15(17,18)19/h1-7H,8H2,(H,20,21). The summed E-state index contributed by atoms with van der Waals surface area (Å²) < 4.78 is 41.4. The van der Waals surface area contributed by atoms with E-state index < -0.39 is 18.1 Å². The molecule has 0 saturated heterocycles. The van der Waals surface area contributed by atoms with Gasteiger partial charge in [-0.15, -0.1) is 13.2 Å². The molecule has 1 N–H and O–H groups in total. The number of hydrogen-bond acceptors (Lipinski definition) is 2. The van der Waals surface area contributed by atoms with Gasteiger partial charge >= 0.3 is 12.3 Å². The van der Waals surface area contributed by atoms with Gasteiger partial charge < -0.3 is 9.84 Å². The number of hydrogen-bond donors (Lipinski definition) is 1. The third-order valence-electron chi connectivity index (χ3n) is 2.81. The number of ether oxygens (including phenoxy) is 1. The van der Waals surface area contributed by atoms with Crippen molar-refractivity contribution < 1.29 is 27.8 Å². The summed E-state index contributed by atoms with van der Waals surface area (Å²) in [6, 6.07) is 9.90. The highest BCUT2D eigenvalue weighted by Gasteiger charge is 2.32.